The van der Waals surface area contributed by atoms with E-state index in [0.29, 0.717) is 6.42 Å². The van der Waals surface area contributed by atoms with Crippen LogP contribution in [0.3, 0.4) is 0 Å². The van der Waals surface area contributed by atoms with Gasteiger partial charge in [-0.25, -0.2) is 0 Å². The van der Waals surface area contributed by atoms with Crippen LogP contribution in [-0.2, 0) is 23.7 Å². The van der Waals surface area contributed by atoms with Gasteiger partial charge in [-0.05, 0) is 44.9 Å². The minimum Gasteiger partial charge on any atom is -0.394 e. The van der Waals surface area contributed by atoms with Crippen molar-refractivity contribution in [2.24, 2.45) is 0 Å². The van der Waals surface area contributed by atoms with Crippen LogP contribution in [0.15, 0.2) is 24.3 Å². The molecule has 9 N–H and O–H groups in total. The van der Waals surface area contributed by atoms with E-state index in [9.17, 15) is 45.6 Å². The Morgan fingerprint density at radius 1 is 0.574 bits per heavy atom. The molecule has 0 aliphatic carbocycles. The average molecular weight is 874 g/mol. The van der Waals surface area contributed by atoms with Gasteiger partial charge in [-0.1, -0.05) is 147 Å². The molecule has 0 bridgehead atoms. The van der Waals surface area contributed by atoms with E-state index in [0.717, 1.165) is 57.8 Å². The highest BCUT2D eigenvalue weighted by molar-refractivity contribution is 5.76. The number of carbonyl (C=O) groups excluding carboxylic acids is 1. The highest BCUT2D eigenvalue weighted by Gasteiger charge is 2.51. The van der Waals surface area contributed by atoms with Crippen LogP contribution < -0.4 is 5.32 Å². The number of unbranched alkanes of at least 4 members (excludes halogenated alkanes) is 21. The molecule has 12 atom stereocenters. The molecule has 2 aliphatic rings. The molecule has 0 radical (unpaired) electrons. The van der Waals surface area contributed by atoms with Crippen molar-refractivity contribution in [2.45, 2.75) is 248 Å². The second kappa shape index (κ2) is 34.8. The van der Waals surface area contributed by atoms with Gasteiger partial charge in [-0.2, -0.15) is 0 Å². The van der Waals surface area contributed by atoms with Crippen LogP contribution in [0.2, 0.25) is 0 Å². The molecule has 12 unspecified atom stereocenters. The molecule has 2 heterocycles. The molecule has 0 aromatic carbocycles. The quantitative estimate of drug-likeness (QED) is 0.0285. The van der Waals surface area contributed by atoms with Crippen LogP contribution >= 0.6 is 0 Å². The molecule has 14 heteroatoms. The summed E-state index contributed by atoms with van der Waals surface area (Å²) in [6.07, 6.45) is 19.3. The predicted molar refractivity (Wildman–Crippen MR) is 235 cm³/mol. The van der Waals surface area contributed by atoms with E-state index in [2.05, 4.69) is 31.3 Å². The summed E-state index contributed by atoms with van der Waals surface area (Å²) in [4.78, 5) is 13.1. The van der Waals surface area contributed by atoms with E-state index in [4.69, 9.17) is 18.9 Å². The minimum absolute atomic E-state index is 0.250. The fraction of sp³-hybridized carbons (Fsp3) is 0.894. The summed E-state index contributed by atoms with van der Waals surface area (Å²) in [5.74, 6) is -0.250. The first-order chi connectivity index (χ1) is 29.6. The van der Waals surface area contributed by atoms with Gasteiger partial charge >= 0.3 is 0 Å². The number of carbonyl (C=O) groups is 1. The fourth-order valence-electron chi connectivity index (χ4n) is 7.87. The lowest BCUT2D eigenvalue weighted by Gasteiger charge is -2.46. The molecule has 358 valence electrons. The van der Waals surface area contributed by atoms with Crippen LogP contribution in [0, 0.1) is 0 Å². The van der Waals surface area contributed by atoms with E-state index < -0.39 is 86.8 Å². The zero-order valence-corrected chi connectivity index (χ0v) is 37.7. The van der Waals surface area contributed by atoms with Crippen molar-refractivity contribution in [1.29, 1.82) is 0 Å². The Morgan fingerprint density at radius 3 is 1.56 bits per heavy atom. The molecule has 0 spiro atoms. The summed E-state index contributed by atoms with van der Waals surface area (Å²) in [6.45, 7) is 2.75. The summed E-state index contributed by atoms with van der Waals surface area (Å²) in [6, 6.07) is -0.914. The molecule has 0 saturated carbocycles. The number of amides is 1. The number of aliphatic hydroxyl groups is 8. The number of ether oxygens (including phenoxy) is 4. The van der Waals surface area contributed by atoms with E-state index in [1.807, 2.05) is 6.08 Å². The topological polar surface area (TPSA) is 228 Å². The van der Waals surface area contributed by atoms with E-state index in [1.165, 1.54) is 89.9 Å². The van der Waals surface area contributed by atoms with Crippen LogP contribution in [0.4, 0.5) is 0 Å². The second-order valence-electron chi connectivity index (χ2n) is 17.2. The number of rotatable bonds is 36. The van der Waals surface area contributed by atoms with Crippen LogP contribution in [0.25, 0.3) is 0 Å². The summed E-state index contributed by atoms with van der Waals surface area (Å²) in [7, 11) is 0. The summed E-state index contributed by atoms with van der Waals surface area (Å²) in [5.41, 5.74) is 0. The van der Waals surface area contributed by atoms with Crippen molar-refractivity contribution in [3.63, 3.8) is 0 Å². The van der Waals surface area contributed by atoms with Crippen LogP contribution in [0.5, 0.6) is 0 Å². The van der Waals surface area contributed by atoms with Crippen LogP contribution in [0.1, 0.15) is 174 Å². The highest BCUT2D eigenvalue weighted by Crippen LogP contribution is 2.30. The Hall–Kier alpha value is -1.53. The lowest BCUT2D eigenvalue weighted by molar-refractivity contribution is -0.359. The monoisotopic (exact) mass is 874 g/mol. The first-order valence-corrected chi connectivity index (χ1v) is 24.1. The summed E-state index contributed by atoms with van der Waals surface area (Å²) < 4.78 is 22.6. The van der Waals surface area contributed by atoms with Crippen molar-refractivity contribution in [3.05, 3.63) is 24.3 Å². The van der Waals surface area contributed by atoms with Gasteiger partial charge in [-0.15, -0.1) is 0 Å². The first kappa shape index (κ1) is 55.6. The number of hydrogen-bond acceptors (Lipinski definition) is 13. The van der Waals surface area contributed by atoms with Gasteiger partial charge in [-0.3, -0.25) is 4.79 Å². The third-order valence-corrected chi connectivity index (χ3v) is 11.9. The fourth-order valence-corrected chi connectivity index (χ4v) is 7.87. The van der Waals surface area contributed by atoms with Crippen molar-refractivity contribution >= 4 is 5.91 Å². The molecular weight excluding hydrogens is 787 g/mol. The Kier molecular flexibility index (Phi) is 31.7. The Morgan fingerprint density at radius 2 is 1.03 bits per heavy atom. The smallest absolute Gasteiger partial charge is 0.220 e. The Balaban J connectivity index is 1.88. The van der Waals surface area contributed by atoms with Crippen molar-refractivity contribution < 1.29 is 64.6 Å². The van der Waals surface area contributed by atoms with Gasteiger partial charge in [0.1, 0.15) is 48.8 Å². The molecule has 0 aromatic rings. The summed E-state index contributed by atoms with van der Waals surface area (Å²) in [5, 5.41) is 86.5. The standard InChI is InChI=1S/C47H87NO13/c1-3-5-7-9-11-13-15-17-18-19-21-23-25-27-29-31-39(52)48-35(36(51)30-28-26-24-22-20-16-14-12-10-8-6-4-2)34-58-46-44(57)42(55)45(38(33-50)60-46)61-47-43(56)41(54)40(53)37(32-49)59-47/h17-18,28,30,35-38,40-47,49-51,53-57H,3-16,19-27,29,31-34H2,1-2H3,(H,48,52)/b18-17-,30-28+. The van der Waals surface area contributed by atoms with Gasteiger partial charge in [0, 0.05) is 6.42 Å². The second-order valence-corrected chi connectivity index (χ2v) is 17.2. The van der Waals surface area contributed by atoms with Crippen molar-refractivity contribution in [2.75, 3.05) is 19.8 Å². The SMILES string of the molecule is CCCCCCCC/C=C\CCCCCCCC(=O)NC(COC1OC(CO)C(OC2OC(CO)C(O)C(O)C2O)C(O)C1O)C(O)/C=C/CCCCCCCCCCCC. The maximum absolute atomic E-state index is 13.1. The third-order valence-electron chi connectivity index (χ3n) is 11.9. The zero-order valence-electron chi connectivity index (χ0n) is 37.7. The predicted octanol–water partition coefficient (Wildman–Crippen LogP) is 5.38. The van der Waals surface area contributed by atoms with E-state index >= 15 is 0 Å². The molecule has 0 aromatic heterocycles. The number of nitrogens with one attached hydrogen (secondary N) is 1. The normalized spacial score (nSPS) is 28.2. The molecule has 2 aliphatic heterocycles. The molecule has 14 nitrogen and oxygen atoms in total. The van der Waals surface area contributed by atoms with Gasteiger partial charge in [0.05, 0.1) is 32.0 Å². The maximum Gasteiger partial charge on any atom is 0.220 e. The molecule has 61 heavy (non-hydrogen) atoms. The zero-order chi connectivity index (χ0) is 44.7. The first-order valence-electron chi connectivity index (χ1n) is 24.1. The molecular formula is C47H87NO13. The minimum atomic E-state index is -1.79. The number of aliphatic hydroxyl groups excluding tert-OH is 8. The number of hydrogen-bond donors (Lipinski definition) is 9. The largest absolute Gasteiger partial charge is 0.394 e. The van der Waals surface area contributed by atoms with E-state index in [-0.39, 0.29) is 18.9 Å². The average Bonchev–Trinajstić information content (AvgIpc) is 3.26. The van der Waals surface area contributed by atoms with Crippen molar-refractivity contribution in [3.8, 4) is 0 Å². The van der Waals surface area contributed by atoms with Crippen LogP contribution in [-0.4, -0.2) is 140 Å². The molecule has 1 amide bonds. The number of allylic oxidation sites excluding steroid dienone is 3. The lowest BCUT2D eigenvalue weighted by Crippen LogP contribution is -2.65. The van der Waals surface area contributed by atoms with Gasteiger partial charge < -0.3 is 65.1 Å². The highest BCUT2D eigenvalue weighted by atomic mass is 16.7. The molecule has 2 saturated heterocycles. The lowest BCUT2D eigenvalue weighted by atomic mass is 9.97. The summed E-state index contributed by atoms with van der Waals surface area (Å²) >= 11 is 0. The van der Waals surface area contributed by atoms with Gasteiger partial charge in [0.25, 0.3) is 0 Å². The molecule has 2 fully saturated rings. The molecule has 2 rings (SSSR count). The van der Waals surface area contributed by atoms with E-state index in [1.54, 1.807) is 6.08 Å². The van der Waals surface area contributed by atoms with Gasteiger partial charge in [0.15, 0.2) is 12.6 Å². The Bertz CT molecular complexity index is 1130. The maximum atomic E-state index is 13.1. The third kappa shape index (κ3) is 22.8. The van der Waals surface area contributed by atoms with Gasteiger partial charge in [0.2, 0.25) is 5.91 Å². The Labute approximate surface area is 367 Å². The van der Waals surface area contributed by atoms with Crippen molar-refractivity contribution in [1.82, 2.24) is 5.32 Å².